The van der Waals surface area contributed by atoms with Gasteiger partial charge in [0.15, 0.2) is 0 Å². The number of hydrogen-bond donors (Lipinski definition) is 1. The number of halogens is 2. The number of thioether (sulfide) groups is 1. The molecule has 1 aliphatic rings. The Morgan fingerprint density at radius 2 is 2.38 bits per heavy atom. The highest BCUT2D eigenvalue weighted by Crippen LogP contribution is 2.23. The molecule has 16 heavy (non-hydrogen) atoms. The van der Waals surface area contributed by atoms with Gasteiger partial charge in [-0.25, -0.2) is 0 Å². The van der Waals surface area contributed by atoms with E-state index in [0.29, 0.717) is 16.6 Å². The fraction of sp³-hybridized carbons (Fsp3) is 0.364. The summed E-state index contributed by atoms with van der Waals surface area (Å²) in [6.45, 7) is 0. The van der Waals surface area contributed by atoms with Gasteiger partial charge in [0.05, 0.1) is 5.02 Å². The van der Waals surface area contributed by atoms with Crippen LogP contribution in [0.15, 0.2) is 22.7 Å². The molecule has 1 atom stereocenters. The highest BCUT2D eigenvalue weighted by atomic mass is 79.9. The van der Waals surface area contributed by atoms with Gasteiger partial charge < -0.3 is 5.32 Å². The standard InChI is InChI=1S/C11H11BrClNOS/c12-9-2-1-7(5-10(9)13)11(15)14-8-3-4-16-6-8/h1-2,5,8H,3-4,6H2,(H,14,15). The molecule has 1 unspecified atom stereocenters. The Labute approximate surface area is 112 Å². The smallest absolute Gasteiger partial charge is 0.251 e. The van der Waals surface area contributed by atoms with Crippen LogP contribution < -0.4 is 5.32 Å². The Hall–Kier alpha value is -0.190. The molecule has 2 nitrogen and oxygen atoms in total. The fourth-order valence-corrected chi connectivity index (χ4v) is 3.13. The summed E-state index contributed by atoms with van der Waals surface area (Å²) < 4.78 is 0.808. The zero-order valence-corrected chi connectivity index (χ0v) is 11.7. The molecule has 0 radical (unpaired) electrons. The number of rotatable bonds is 2. The number of carbonyl (C=O) groups is 1. The molecule has 1 fully saturated rings. The monoisotopic (exact) mass is 319 g/mol. The molecule has 5 heteroatoms. The zero-order valence-electron chi connectivity index (χ0n) is 8.50. The molecule has 2 rings (SSSR count). The predicted molar refractivity (Wildman–Crippen MR) is 72.3 cm³/mol. The number of nitrogens with one attached hydrogen (secondary N) is 1. The molecular formula is C11H11BrClNOS. The van der Waals surface area contributed by atoms with Gasteiger partial charge in [0.2, 0.25) is 0 Å². The lowest BCUT2D eigenvalue weighted by molar-refractivity contribution is 0.0941. The molecule has 0 aromatic heterocycles. The zero-order chi connectivity index (χ0) is 11.5. The van der Waals surface area contributed by atoms with Crippen LogP contribution in [0.3, 0.4) is 0 Å². The first-order chi connectivity index (χ1) is 7.66. The number of carbonyl (C=O) groups excluding carboxylic acids is 1. The van der Waals surface area contributed by atoms with Crippen LogP contribution in [0.2, 0.25) is 5.02 Å². The lowest BCUT2D eigenvalue weighted by Crippen LogP contribution is -2.34. The van der Waals surface area contributed by atoms with Gasteiger partial charge in [-0.05, 0) is 46.3 Å². The molecule has 86 valence electrons. The topological polar surface area (TPSA) is 29.1 Å². The minimum atomic E-state index is -0.0399. The molecule has 1 heterocycles. The molecule has 0 saturated carbocycles. The molecule has 1 aromatic carbocycles. The second-order valence-electron chi connectivity index (χ2n) is 3.66. The minimum Gasteiger partial charge on any atom is -0.348 e. The van der Waals surface area contributed by atoms with Gasteiger partial charge >= 0.3 is 0 Å². The molecule has 0 spiro atoms. The molecule has 1 saturated heterocycles. The molecule has 1 amide bonds. The average molecular weight is 321 g/mol. The van der Waals surface area contributed by atoms with Crippen molar-refractivity contribution in [3.63, 3.8) is 0 Å². The Morgan fingerprint density at radius 3 is 3.00 bits per heavy atom. The van der Waals surface area contributed by atoms with E-state index in [4.69, 9.17) is 11.6 Å². The van der Waals surface area contributed by atoms with Gasteiger partial charge in [0, 0.05) is 21.8 Å². The molecule has 1 aromatic rings. The summed E-state index contributed by atoms with van der Waals surface area (Å²) in [5.74, 6) is 2.10. The van der Waals surface area contributed by atoms with Crippen LogP contribution in [0.1, 0.15) is 16.8 Å². The van der Waals surface area contributed by atoms with E-state index in [-0.39, 0.29) is 5.91 Å². The van der Waals surface area contributed by atoms with E-state index >= 15 is 0 Å². The van der Waals surface area contributed by atoms with E-state index in [0.717, 1.165) is 22.4 Å². The fourth-order valence-electron chi connectivity index (χ4n) is 1.55. The largest absolute Gasteiger partial charge is 0.348 e. The van der Waals surface area contributed by atoms with Crippen molar-refractivity contribution < 1.29 is 4.79 Å². The normalized spacial score (nSPS) is 19.8. The quantitative estimate of drug-likeness (QED) is 0.905. The van der Waals surface area contributed by atoms with Crippen LogP contribution >= 0.6 is 39.3 Å². The maximum atomic E-state index is 11.9. The summed E-state index contributed by atoms with van der Waals surface area (Å²) in [6, 6.07) is 5.55. The molecule has 0 bridgehead atoms. The van der Waals surface area contributed by atoms with Crippen molar-refractivity contribution in [3.8, 4) is 0 Å². The maximum Gasteiger partial charge on any atom is 0.251 e. The Morgan fingerprint density at radius 1 is 1.56 bits per heavy atom. The van der Waals surface area contributed by atoms with Crippen LogP contribution in [-0.4, -0.2) is 23.5 Å². The summed E-state index contributed by atoms with van der Waals surface area (Å²) in [6.07, 6.45) is 1.06. The second kappa shape index (κ2) is 5.43. The number of hydrogen-bond acceptors (Lipinski definition) is 2. The summed E-state index contributed by atoms with van der Waals surface area (Å²) in [7, 11) is 0. The third kappa shape index (κ3) is 2.93. The van der Waals surface area contributed by atoms with E-state index in [1.165, 1.54) is 0 Å². The third-order valence-electron chi connectivity index (χ3n) is 2.45. The van der Waals surface area contributed by atoms with Crippen molar-refractivity contribution in [2.45, 2.75) is 12.5 Å². The highest BCUT2D eigenvalue weighted by Gasteiger charge is 2.18. The molecular weight excluding hydrogens is 310 g/mol. The van der Waals surface area contributed by atoms with Gasteiger partial charge in [-0.1, -0.05) is 11.6 Å². The molecule has 1 N–H and O–H groups in total. The van der Waals surface area contributed by atoms with E-state index in [2.05, 4.69) is 21.2 Å². The average Bonchev–Trinajstić information content (AvgIpc) is 2.74. The minimum absolute atomic E-state index is 0.0399. The highest BCUT2D eigenvalue weighted by molar-refractivity contribution is 9.10. The number of amides is 1. The van der Waals surface area contributed by atoms with Gasteiger partial charge in [-0.3, -0.25) is 4.79 Å². The second-order valence-corrected chi connectivity index (χ2v) is 6.07. The van der Waals surface area contributed by atoms with Gasteiger partial charge in [-0.2, -0.15) is 11.8 Å². The Bertz CT molecular complexity index is 407. The Kier molecular flexibility index (Phi) is 4.16. The summed E-state index contributed by atoms with van der Waals surface area (Å²) >= 11 is 11.1. The first-order valence-electron chi connectivity index (χ1n) is 5.00. The first kappa shape index (κ1) is 12.3. The third-order valence-corrected chi connectivity index (χ3v) is 4.84. The van der Waals surface area contributed by atoms with Crippen molar-refractivity contribution in [2.75, 3.05) is 11.5 Å². The Balaban J connectivity index is 2.05. The van der Waals surface area contributed by atoms with E-state index in [9.17, 15) is 4.79 Å². The van der Waals surface area contributed by atoms with Crippen molar-refractivity contribution in [3.05, 3.63) is 33.3 Å². The van der Waals surface area contributed by atoms with Crippen molar-refractivity contribution in [1.29, 1.82) is 0 Å². The van der Waals surface area contributed by atoms with Crippen LogP contribution in [0, 0.1) is 0 Å². The predicted octanol–water partition coefficient (Wildman–Crippen LogP) is 3.34. The van der Waals surface area contributed by atoms with Crippen molar-refractivity contribution in [2.24, 2.45) is 0 Å². The van der Waals surface area contributed by atoms with Crippen LogP contribution in [0.5, 0.6) is 0 Å². The summed E-state index contributed by atoms with van der Waals surface area (Å²) in [5.41, 5.74) is 0.616. The van der Waals surface area contributed by atoms with Gasteiger partial charge in [-0.15, -0.1) is 0 Å². The van der Waals surface area contributed by atoms with Crippen LogP contribution in [0.4, 0.5) is 0 Å². The van der Waals surface area contributed by atoms with E-state index < -0.39 is 0 Å². The van der Waals surface area contributed by atoms with Crippen LogP contribution in [0.25, 0.3) is 0 Å². The first-order valence-corrected chi connectivity index (χ1v) is 7.33. The lowest BCUT2D eigenvalue weighted by Gasteiger charge is -2.11. The summed E-state index contributed by atoms with van der Waals surface area (Å²) in [4.78, 5) is 11.9. The summed E-state index contributed by atoms with van der Waals surface area (Å²) in [5, 5.41) is 3.57. The van der Waals surface area contributed by atoms with Crippen molar-refractivity contribution in [1.82, 2.24) is 5.32 Å². The van der Waals surface area contributed by atoms with Crippen molar-refractivity contribution >= 4 is 45.2 Å². The molecule has 1 aliphatic heterocycles. The SMILES string of the molecule is O=C(NC1CCSC1)c1ccc(Br)c(Cl)c1. The number of benzene rings is 1. The van der Waals surface area contributed by atoms with Crippen LogP contribution in [-0.2, 0) is 0 Å². The van der Waals surface area contributed by atoms with E-state index in [1.54, 1.807) is 18.2 Å². The molecule has 0 aliphatic carbocycles. The van der Waals surface area contributed by atoms with Gasteiger partial charge in [0.1, 0.15) is 0 Å². The van der Waals surface area contributed by atoms with Gasteiger partial charge in [0.25, 0.3) is 5.91 Å². The lowest BCUT2D eigenvalue weighted by atomic mass is 10.2. The maximum absolute atomic E-state index is 11.9. The van der Waals surface area contributed by atoms with E-state index in [1.807, 2.05) is 11.8 Å².